The van der Waals surface area contributed by atoms with Gasteiger partial charge in [-0.3, -0.25) is 0 Å². The van der Waals surface area contributed by atoms with Gasteiger partial charge in [-0.25, -0.2) is 5.11 Å². The lowest BCUT2D eigenvalue weighted by Gasteiger charge is -2.12. The van der Waals surface area contributed by atoms with Gasteiger partial charge in [-0.2, -0.15) is 0 Å². The van der Waals surface area contributed by atoms with Crippen LogP contribution in [0.5, 0.6) is 0 Å². The molecule has 1 radical (unpaired) electrons. The summed E-state index contributed by atoms with van der Waals surface area (Å²) in [5.74, 6) is 0.764. The molecule has 0 N–H and O–H groups in total. The van der Waals surface area contributed by atoms with E-state index in [9.17, 15) is 5.11 Å². The first-order valence-corrected chi connectivity index (χ1v) is 5.51. The van der Waals surface area contributed by atoms with Gasteiger partial charge in [0.2, 0.25) is 0 Å². The molecule has 0 aliphatic heterocycles. The monoisotopic (exact) mass is 169 g/mol. The Morgan fingerprint density at radius 1 is 0.833 bits per heavy atom. The van der Waals surface area contributed by atoms with Crippen LogP contribution in [0.25, 0.3) is 0 Å². The SMILES string of the molecule is [O]CCC1CCCCCCCC1. The Morgan fingerprint density at radius 3 is 1.83 bits per heavy atom. The third-order valence-corrected chi connectivity index (χ3v) is 3.00. The van der Waals surface area contributed by atoms with Crippen molar-refractivity contribution in [3.8, 4) is 0 Å². The molecule has 1 fully saturated rings. The summed E-state index contributed by atoms with van der Waals surface area (Å²) in [7, 11) is 0. The minimum atomic E-state index is 0.144. The first-order valence-electron chi connectivity index (χ1n) is 5.51. The Balaban J connectivity index is 2.19. The van der Waals surface area contributed by atoms with Gasteiger partial charge in [0, 0.05) is 0 Å². The summed E-state index contributed by atoms with van der Waals surface area (Å²) in [6, 6.07) is 0. The molecule has 0 amide bonds. The van der Waals surface area contributed by atoms with Crippen molar-refractivity contribution in [3.05, 3.63) is 0 Å². The molecular weight excluding hydrogens is 148 g/mol. The second kappa shape index (κ2) is 6.47. The van der Waals surface area contributed by atoms with Crippen LogP contribution in [0.1, 0.15) is 57.8 Å². The quantitative estimate of drug-likeness (QED) is 0.602. The van der Waals surface area contributed by atoms with E-state index in [1.807, 2.05) is 0 Å². The third kappa shape index (κ3) is 4.10. The highest BCUT2D eigenvalue weighted by molar-refractivity contribution is 4.62. The van der Waals surface area contributed by atoms with Crippen LogP contribution >= 0.6 is 0 Å². The lowest BCUT2D eigenvalue weighted by molar-refractivity contribution is 0.164. The van der Waals surface area contributed by atoms with E-state index in [0.717, 1.165) is 12.3 Å². The van der Waals surface area contributed by atoms with Gasteiger partial charge < -0.3 is 0 Å². The highest BCUT2D eigenvalue weighted by Gasteiger charge is 2.09. The largest absolute Gasteiger partial charge is 0.237 e. The van der Waals surface area contributed by atoms with E-state index in [0.29, 0.717) is 0 Å². The molecule has 1 saturated carbocycles. The van der Waals surface area contributed by atoms with Gasteiger partial charge in [0.25, 0.3) is 0 Å². The molecule has 0 saturated heterocycles. The molecular formula is C11H21O. The zero-order chi connectivity index (χ0) is 8.65. The predicted octanol–water partition coefficient (Wildman–Crippen LogP) is 3.56. The van der Waals surface area contributed by atoms with Crippen LogP contribution in [-0.2, 0) is 5.11 Å². The maximum Gasteiger partial charge on any atom is 0.0825 e. The zero-order valence-corrected chi connectivity index (χ0v) is 8.06. The summed E-state index contributed by atoms with van der Waals surface area (Å²) in [6.45, 7) is 0.144. The fraction of sp³-hybridized carbons (Fsp3) is 1.00. The molecule has 1 aliphatic carbocycles. The standard InChI is InChI=1S/C11H21O/c12-10-9-11-7-5-3-1-2-4-6-8-11/h11H,1-10H2. The molecule has 71 valence electrons. The van der Waals surface area contributed by atoms with Gasteiger partial charge >= 0.3 is 0 Å². The van der Waals surface area contributed by atoms with Crippen LogP contribution in [0.2, 0.25) is 0 Å². The van der Waals surface area contributed by atoms with Crippen LogP contribution in [0.15, 0.2) is 0 Å². The van der Waals surface area contributed by atoms with Crippen molar-refractivity contribution >= 4 is 0 Å². The summed E-state index contributed by atoms with van der Waals surface area (Å²) in [4.78, 5) is 0. The molecule has 0 aromatic rings. The molecule has 1 heteroatoms. The van der Waals surface area contributed by atoms with E-state index < -0.39 is 0 Å². The van der Waals surface area contributed by atoms with Crippen molar-refractivity contribution < 1.29 is 5.11 Å². The van der Waals surface area contributed by atoms with E-state index >= 15 is 0 Å². The average molecular weight is 169 g/mol. The summed E-state index contributed by atoms with van der Waals surface area (Å²) in [5, 5.41) is 10.5. The predicted molar refractivity (Wildman–Crippen MR) is 50.6 cm³/mol. The Kier molecular flexibility index (Phi) is 5.42. The van der Waals surface area contributed by atoms with E-state index in [1.165, 1.54) is 51.4 Å². The summed E-state index contributed by atoms with van der Waals surface area (Å²) >= 11 is 0. The Labute approximate surface area is 76.2 Å². The van der Waals surface area contributed by atoms with Crippen molar-refractivity contribution in [2.45, 2.75) is 57.8 Å². The van der Waals surface area contributed by atoms with Crippen molar-refractivity contribution in [1.29, 1.82) is 0 Å². The van der Waals surface area contributed by atoms with Crippen molar-refractivity contribution in [3.63, 3.8) is 0 Å². The number of hydrogen-bond donors (Lipinski definition) is 0. The maximum absolute atomic E-state index is 10.5. The second-order valence-corrected chi connectivity index (χ2v) is 4.06. The molecule has 1 aliphatic rings. The number of hydrogen-bond acceptors (Lipinski definition) is 0. The Morgan fingerprint density at radius 2 is 1.33 bits per heavy atom. The summed E-state index contributed by atoms with van der Waals surface area (Å²) in [5.41, 5.74) is 0. The smallest absolute Gasteiger partial charge is 0.0825 e. The van der Waals surface area contributed by atoms with Crippen LogP contribution in [0, 0.1) is 5.92 Å². The molecule has 0 bridgehead atoms. The van der Waals surface area contributed by atoms with E-state index in [2.05, 4.69) is 0 Å². The topological polar surface area (TPSA) is 19.9 Å². The summed E-state index contributed by atoms with van der Waals surface area (Å²) < 4.78 is 0. The van der Waals surface area contributed by atoms with Gasteiger partial charge in [0.1, 0.15) is 0 Å². The van der Waals surface area contributed by atoms with Crippen LogP contribution in [0.4, 0.5) is 0 Å². The average Bonchev–Trinajstić information content (AvgIpc) is 2.19. The van der Waals surface area contributed by atoms with Crippen LogP contribution in [0.3, 0.4) is 0 Å². The Hall–Kier alpha value is -0.0400. The fourth-order valence-electron chi connectivity index (χ4n) is 2.17. The highest BCUT2D eigenvalue weighted by Crippen LogP contribution is 2.23. The molecule has 0 heterocycles. The highest BCUT2D eigenvalue weighted by atomic mass is 16.3. The maximum atomic E-state index is 10.5. The van der Waals surface area contributed by atoms with Crippen LogP contribution in [-0.4, -0.2) is 6.61 Å². The Bertz CT molecular complexity index is 91.2. The third-order valence-electron chi connectivity index (χ3n) is 3.00. The normalized spacial score (nSPS) is 22.8. The molecule has 12 heavy (non-hydrogen) atoms. The van der Waals surface area contributed by atoms with Gasteiger partial charge in [-0.15, -0.1) is 0 Å². The zero-order valence-electron chi connectivity index (χ0n) is 8.06. The lowest BCUT2D eigenvalue weighted by atomic mass is 9.94. The molecule has 0 spiro atoms. The van der Waals surface area contributed by atoms with Crippen LogP contribution < -0.4 is 0 Å². The van der Waals surface area contributed by atoms with Crippen molar-refractivity contribution in [2.24, 2.45) is 5.92 Å². The molecule has 0 aromatic heterocycles. The first-order chi connectivity index (χ1) is 5.93. The molecule has 1 nitrogen and oxygen atoms in total. The molecule has 0 unspecified atom stereocenters. The summed E-state index contributed by atoms with van der Waals surface area (Å²) in [6.07, 6.45) is 11.9. The number of rotatable bonds is 2. The molecule has 0 aromatic carbocycles. The fourth-order valence-corrected chi connectivity index (χ4v) is 2.17. The minimum Gasteiger partial charge on any atom is -0.237 e. The van der Waals surface area contributed by atoms with Gasteiger partial charge in [-0.1, -0.05) is 51.4 Å². The minimum absolute atomic E-state index is 0.144. The van der Waals surface area contributed by atoms with E-state index in [-0.39, 0.29) is 6.61 Å². The molecule has 0 atom stereocenters. The van der Waals surface area contributed by atoms with E-state index in [4.69, 9.17) is 0 Å². The lowest BCUT2D eigenvalue weighted by Crippen LogP contribution is -2.02. The second-order valence-electron chi connectivity index (χ2n) is 4.06. The van der Waals surface area contributed by atoms with Gasteiger partial charge in [-0.05, 0) is 12.3 Å². The van der Waals surface area contributed by atoms with Crippen molar-refractivity contribution in [2.75, 3.05) is 6.61 Å². The van der Waals surface area contributed by atoms with Gasteiger partial charge in [0.15, 0.2) is 0 Å². The van der Waals surface area contributed by atoms with E-state index in [1.54, 1.807) is 0 Å². The van der Waals surface area contributed by atoms with Crippen molar-refractivity contribution in [1.82, 2.24) is 0 Å². The van der Waals surface area contributed by atoms with Gasteiger partial charge in [0.05, 0.1) is 6.61 Å². The molecule has 1 rings (SSSR count). The first kappa shape index (κ1) is 10.0.